The highest BCUT2D eigenvalue weighted by Crippen LogP contribution is 2.32. The quantitative estimate of drug-likeness (QED) is 0.379. The number of nitrogens with zero attached hydrogens (tertiary/aromatic N) is 1. The lowest BCUT2D eigenvalue weighted by atomic mass is 10.2. The van der Waals surface area contributed by atoms with E-state index in [4.69, 9.17) is 16.3 Å². The average Bonchev–Trinajstić information content (AvgIpc) is 3.25. The highest BCUT2D eigenvalue weighted by atomic mass is 35.5. The monoisotopic (exact) mass is 570 g/mol. The Morgan fingerprint density at radius 3 is 2.59 bits per heavy atom. The lowest BCUT2D eigenvalue weighted by Gasteiger charge is -2.27. The number of rotatable bonds is 10. The lowest BCUT2D eigenvalue weighted by Crippen LogP contribution is -2.50. The summed E-state index contributed by atoms with van der Waals surface area (Å²) in [6.45, 7) is -5.28. The van der Waals surface area contributed by atoms with Crippen LogP contribution in [0.25, 0.3) is 0 Å². The van der Waals surface area contributed by atoms with Crippen molar-refractivity contribution in [1.82, 2.24) is 10.6 Å². The lowest BCUT2D eigenvalue weighted by molar-refractivity contribution is -0.130. The SMILES string of the molecule is O=C(NC[C@@H](NCC(F)(F)F)C(=O)Nc1ccc(N2CCOCC2=O)cc1OC(F)F)c1ccc(Cl)s1. The fourth-order valence-electron chi connectivity index (χ4n) is 3.20. The van der Waals surface area contributed by atoms with Crippen LogP contribution in [0.5, 0.6) is 5.75 Å². The molecule has 2 aromatic rings. The number of alkyl halides is 5. The van der Waals surface area contributed by atoms with E-state index < -0.39 is 55.4 Å². The first-order valence-electron chi connectivity index (χ1n) is 10.5. The molecule has 0 spiro atoms. The summed E-state index contributed by atoms with van der Waals surface area (Å²) in [5.41, 5.74) is -0.0968. The van der Waals surface area contributed by atoms with Crippen molar-refractivity contribution in [3.63, 3.8) is 0 Å². The molecule has 1 aliphatic rings. The molecule has 37 heavy (non-hydrogen) atoms. The largest absolute Gasteiger partial charge is 0.433 e. The van der Waals surface area contributed by atoms with Gasteiger partial charge in [-0.3, -0.25) is 19.7 Å². The van der Waals surface area contributed by atoms with E-state index in [1.807, 2.05) is 5.32 Å². The van der Waals surface area contributed by atoms with Crippen LogP contribution in [0.1, 0.15) is 9.67 Å². The fourth-order valence-corrected chi connectivity index (χ4v) is 4.16. The second-order valence-corrected chi connectivity index (χ2v) is 9.22. The number of halogens is 6. The maximum atomic E-state index is 13.0. The third-order valence-corrected chi connectivity index (χ3v) is 6.10. The molecule has 3 rings (SSSR count). The Morgan fingerprint density at radius 1 is 1.22 bits per heavy atom. The third-order valence-electron chi connectivity index (χ3n) is 4.87. The standard InChI is InChI=1S/C21H20ClF5N4O5S/c22-16-4-3-15(37-16)19(34)28-8-13(29-10-21(25,26)27)18(33)30-12-2-1-11(7-14(12)36-20(23)24)31-5-6-35-9-17(31)32/h1-4,7,13,20,29H,5-6,8-10H2,(H,28,34)(H,30,33)/t13-/m1/s1. The summed E-state index contributed by atoms with van der Waals surface area (Å²) in [6, 6.07) is 4.84. The van der Waals surface area contributed by atoms with Crippen molar-refractivity contribution in [2.24, 2.45) is 0 Å². The van der Waals surface area contributed by atoms with Gasteiger partial charge in [0.25, 0.3) is 11.8 Å². The van der Waals surface area contributed by atoms with Crippen LogP contribution in [0.2, 0.25) is 4.34 Å². The maximum Gasteiger partial charge on any atom is 0.401 e. The van der Waals surface area contributed by atoms with Gasteiger partial charge in [0.1, 0.15) is 12.6 Å². The van der Waals surface area contributed by atoms with Crippen LogP contribution in [0.3, 0.4) is 0 Å². The molecule has 1 saturated heterocycles. The Balaban J connectivity index is 1.77. The van der Waals surface area contributed by atoms with E-state index in [1.54, 1.807) is 0 Å². The second-order valence-electron chi connectivity index (χ2n) is 7.51. The summed E-state index contributed by atoms with van der Waals surface area (Å²) in [7, 11) is 0. The second kappa shape index (κ2) is 12.5. The summed E-state index contributed by atoms with van der Waals surface area (Å²) in [5.74, 6) is -2.69. The predicted molar refractivity (Wildman–Crippen MR) is 124 cm³/mol. The van der Waals surface area contributed by atoms with E-state index >= 15 is 0 Å². The van der Waals surface area contributed by atoms with Crippen LogP contribution >= 0.6 is 22.9 Å². The Hall–Kier alpha value is -3.01. The molecular weight excluding hydrogens is 551 g/mol. The minimum atomic E-state index is -4.68. The predicted octanol–water partition coefficient (Wildman–Crippen LogP) is 3.26. The molecule has 9 nitrogen and oxygen atoms in total. The van der Waals surface area contributed by atoms with Crippen LogP contribution in [0.15, 0.2) is 30.3 Å². The number of thiophene rings is 1. The topological polar surface area (TPSA) is 109 Å². The van der Waals surface area contributed by atoms with E-state index in [-0.39, 0.29) is 36.0 Å². The van der Waals surface area contributed by atoms with Gasteiger partial charge < -0.3 is 25.0 Å². The molecule has 0 radical (unpaired) electrons. The molecule has 2 heterocycles. The molecule has 3 amide bonds. The number of morpholine rings is 1. The molecule has 1 atom stereocenters. The molecule has 1 fully saturated rings. The van der Waals surface area contributed by atoms with Gasteiger partial charge >= 0.3 is 12.8 Å². The summed E-state index contributed by atoms with van der Waals surface area (Å²) in [5, 5.41) is 6.56. The molecular formula is C21H20ClF5N4O5S. The zero-order valence-corrected chi connectivity index (χ0v) is 20.3. The van der Waals surface area contributed by atoms with Crippen molar-refractivity contribution in [3.8, 4) is 5.75 Å². The van der Waals surface area contributed by atoms with Crippen LogP contribution in [0.4, 0.5) is 33.3 Å². The molecule has 0 bridgehead atoms. The van der Waals surface area contributed by atoms with E-state index in [0.717, 1.165) is 17.4 Å². The first-order chi connectivity index (χ1) is 17.4. The number of amides is 3. The van der Waals surface area contributed by atoms with E-state index in [0.29, 0.717) is 4.34 Å². The Kier molecular flexibility index (Phi) is 9.64. The molecule has 202 valence electrons. The molecule has 16 heteroatoms. The van der Waals surface area contributed by atoms with Gasteiger partial charge in [-0.25, -0.2) is 0 Å². The normalized spacial score (nSPS) is 15.0. The van der Waals surface area contributed by atoms with Gasteiger partial charge in [0.15, 0.2) is 5.75 Å². The van der Waals surface area contributed by atoms with Crippen molar-refractivity contribution in [3.05, 3.63) is 39.5 Å². The maximum absolute atomic E-state index is 13.0. The van der Waals surface area contributed by atoms with Gasteiger partial charge in [-0.2, -0.15) is 22.0 Å². The zero-order chi connectivity index (χ0) is 27.2. The molecule has 0 unspecified atom stereocenters. The van der Waals surface area contributed by atoms with Crippen molar-refractivity contribution >= 4 is 52.0 Å². The van der Waals surface area contributed by atoms with Crippen molar-refractivity contribution < 1.29 is 45.8 Å². The number of carbonyl (C=O) groups excluding carboxylic acids is 3. The van der Waals surface area contributed by atoms with Crippen LogP contribution in [-0.2, 0) is 14.3 Å². The molecule has 1 aliphatic heterocycles. The molecule has 1 aromatic heterocycles. The minimum absolute atomic E-state index is 0.150. The highest BCUT2D eigenvalue weighted by Gasteiger charge is 2.31. The summed E-state index contributed by atoms with van der Waals surface area (Å²) >= 11 is 6.70. The summed E-state index contributed by atoms with van der Waals surface area (Å²) in [6.07, 6.45) is -4.68. The third kappa shape index (κ3) is 8.52. The number of anilines is 2. The number of hydrogen-bond donors (Lipinski definition) is 3. The fraction of sp³-hybridized carbons (Fsp3) is 0.381. The van der Waals surface area contributed by atoms with Gasteiger partial charge in [-0.1, -0.05) is 11.6 Å². The van der Waals surface area contributed by atoms with E-state index in [2.05, 4.69) is 15.4 Å². The van der Waals surface area contributed by atoms with Gasteiger partial charge in [0, 0.05) is 24.8 Å². The van der Waals surface area contributed by atoms with Crippen molar-refractivity contribution in [1.29, 1.82) is 0 Å². The summed E-state index contributed by atoms with van der Waals surface area (Å²) < 4.78 is 74.3. The van der Waals surface area contributed by atoms with Crippen molar-refractivity contribution in [2.45, 2.75) is 18.8 Å². The Labute approximate surface area is 215 Å². The van der Waals surface area contributed by atoms with Gasteiger partial charge in [0.2, 0.25) is 5.91 Å². The van der Waals surface area contributed by atoms with E-state index in [9.17, 15) is 36.3 Å². The molecule has 0 saturated carbocycles. The smallest absolute Gasteiger partial charge is 0.401 e. The van der Waals surface area contributed by atoms with Crippen LogP contribution in [-0.4, -0.2) is 69.4 Å². The zero-order valence-electron chi connectivity index (χ0n) is 18.7. The van der Waals surface area contributed by atoms with Gasteiger partial charge in [-0.15, -0.1) is 11.3 Å². The van der Waals surface area contributed by atoms with Crippen molar-refractivity contribution in [2.75, 3.05) is 43.1 Å². The first kappa shape index (κ1) is 28.6. The van der Waals surface area contributed by atoms with Crippen LogP contribution < -0.4 is 25.6 Å². The Bertz CT molecular complexity index is 1130. The van der Waals surface area contributed by atoms with E-state index in [1.165, 1.54) is 29.2 Å². The molecule has 0 aliphatic carbocycles. The molecule has 1 aromatic carbocycles. The minimum Gasteiger partial charge on any atom is -0.433 e. The average molecular weight is 571 g/mol. The van der Waals surface area contributed by atoms with Gasteiger partial charge in [-0.05, 0) is 24.3 Å². The van der Waals surface area contributed by atoms with Crippen LogP contribution in [0, 0.1) is 0 Å². The Morgan fingerprint density at radius 2 is 1.97 bits per heavy atom. The highest BCUT2D eigenvalue weighted by molar-refractivity contribution is 7.18. The number of benzene rings is 1. The van der Waals surface area contributed by atoms with Gasteiger partial charge in [0.05, 0.1) is 28.1 Å². The number of hydrogen-bond acceptors (Lipinski definition) is 7. The number of carbonyl (C=O) groups is 3. The summed E-state index contributed by atoms with van der Waals surface area (Å²) in [4.78, 5) is 38.6. The number of nitrogens with one attached hydrogen (secondary N) is 3. The number of ether oxygens (including phenoxy) is 2. The molecule has 3 N–H and O–H groups in total. The first-order valence-corrected chi connectivity index (χ1v) is 11.7.